The van der Waals surface area contributed by atoms with Crippen LogP contribution in [-0.2, 0) is 19.3 Å². The van der Waals surface area contributed by atoms with Crippen molar-refractivity contribution in [1.82, 2.24) is 5.32 Å². The Labute approximate surface area is 132 Å². The van der Waals surface area contributed by atoms with Gasteiger partial charge in [0.05, 0.1) is 5.56 Å². The number of hydrogen-bond acceptors (Lipinski definition) is 3. The van der Waals surface area contributed by atoms with E-state index in [-0.39, 0.29) is 0 Å². The van der Waals surface area contributed by atoms with Crippen LogP contribution in [0, 0.1) is 0 Å². The third kappa shape index (κ3) is 3.96. The van der Waals surface area contributed by atoms with Crippen molar-refractivity contribution >= 4 is 0 Å². The van der Waals surface area contributed by atoms with Crippen molar-refractivity contribution in [2.45, 2.75) is 19.3 Å². The molecule has 1 aliphatic rings. The summed E-state index contributed by atoms with van der Waals surface area (Å²) >= 11 is 0. The van der Waals surface area contributed by atoms with E-state index in [4.69, 9.17) is 9.47 Å². The number of hydrogen-bond donors (Lipinski definition) is 1. The van der Waals surface area contributed by atoms with Crippen molar-refractivity contribution in [3.8, 4) is 11.5 Å². The number of alkyl halides is 3. The quantitative estimate of drug-likeness (QED) is 0.929. The number of halogens is 3. The summed E-state index contributed by atoms with van der Waals surface area (Å²) in [7, 11) is 0. The first-order valence-electron chi connectivity index (χ1n) is 7.28. The van der Waals surface area contributed by atoms with E-state index in [2.05, 4.69) is 5.32 Å². The molecule has 0 atom stereocenters. The molecule has 0 aromatic heterocycles. The minimum atomic E-state index is -4.31. The highest BCUT2D eigenvalue weighted by atomic mass is 19.4. The number of benzene rings is 2. The zero-order valence-corrected chi connectivity index (χ0v) is 12.3. The first-order chi connectivity index (χ1) is 11.0. The van der Waals surface area contributed by atoms with Crippen LogP contribution in [-0.4, -0.2) is 13.2 Å². The molecule has 0 bridgehead atoms. The Balaban J connectivity index is 1.59. The fourth-order valence-electron chi connectivity index (χ4n) is 2.41. The smallest absolute Gasteiger partial charge is 0.416 e. The van der Waals surface area contributed by atoms with Gasteiger partial charge in [0, 0.05) is 13.1 Å². The van der Waals surface area contributed by atoms with Gasteiger partial charge in [-0.2, -0.15) is 13.2 Å². The lowest BCUT2D eigenvalue weighted by atomic mass is 10.1. The second kappa shape index (κ2) is 6.50. The Morgan fingerprint density at radius 3 is 2.30 bits per heavy atom. The van der Waals surface area contributed by atoms with Gasteiger partial charge in [-0.15, -0.1) is 0 Å². The van der Waals surface area contributed by atoms with Gasteiger partial charge in [0.1, 0.15) is 13.2 Å². The SMILES string of the molecule is FC(F)(F)c1cccc(CNCc2ccc3c(c2)OCCO3)c1. The zero-order chi connectivity index (χ0) is 16.3. The summed E-state index contributed by atoms with van der Waals surface area (Å²) in [6.07, 6.45) is -4.31. The number of ether oxygens (including phenoxy) is 2. The Morgan fingerprint density at radius 1 is 0.870 bits per heavy atom. The molecule has 6 heteroatoms. The molecule has 23 heavy (non-hydrogen) atoms. The van der Waals surface area contributed by atoms with E-state index >= 15 is 0 Å². The van der Waals surface area contributed by atoms with E-state index in [0.717, 1.165) is 23.4 Å². The van der Waals surface area contributed by atoms with Gasteiger partial charge in [0.25, 0.3) is 0 Å². The molecule has 0 fully saturated rings. The maximum Gasteiger partial charge on any atom is 0.416 e. The summed E-state index contributed by atoms with van der Waals surface area (Å²) in [4.78, 5) is 0. The summed E-state index contributed by atoms with van der Waals surface area (Å²) < 4.78 is 49.0. The summed E-state index contributed by atoms with van der Waals surface area (Å²) in [5, 5.41) is 3.14. The third-order valence-electron chi connectivity index (χ3n) is 3.52. The second-order valence-corrected chi connectivity index (χ2v) is 5.28. The second-order valence-electron chi connectivity index (χ2n) is 5.28. The fraction of sp³-hybridized carbons (Fsp3) is 0.294. The van der Waals surface area contributed by atoms with Crippen molar-refractivity contribution in [1.29, 1.82) is 0 Å². The maximum atomic E-state index is 12.7. The van der Waals surface area contributed by atoms with Crippen LogP contribution >= 0.6 is 0 Å². The summed E-state index contributed by atoms with van der Waals surface area (Å²) in [5.41, 5.74) is 0.953. The first kappa shape index (κ1) is 15.7. The van der Waals surface area contributed by atoms with E-state index in [1.165, 1.54) is 6.07 Å². The molecule has 0 aliphatic carbocycles. The molecule has 0 saturated heterocycles. The van der Waals surface area contributed by atoms with Crippen molar-refractivity contribution in [2.75, 3.05) is 13.2 Å². The van der Waals surface area contributed by atoms with Gasteiger partial charge >= 0.3 is 6.18 Å². The molecule has 2 aromatic carbocycles. The Morgan fingerprint density at radius 2 is 1.57 bits per heavy atom. The Hall–Kier alpha value is -2.21. The predicted molar refractivity (Wildman–Crippen MR) is 79.4 cm³/mol. The number of nitrogens with one attached hydrogen (secondary N) is 1. The Kier molecular flexibility index (Phi) is 4.43. The van der Waals surface area contributed by atoms with Crippen LogP contribution in [0.15, 0.2) is 42.5 Å². The molecule has 0 amide bonds. The highest BCUT2D eigenvalue weighted by molar-refractivity contribution is 5.43. The minimum absolute atomic E-state index is 0.359. The van der Waals surface area contributed by atoms with Crippen LogP contribution in [0.2, 0.25) is 0 Å². The standard InChI is InChI=1S/C17H16F3NO2/c18-17(19,20)14-3-1-2-12(8-14)10-21-11-13-4-5-15-16(9-13)23-7-6-22-15/h1-5,8-9,21H,6-7,10-11H2. The lowest BCUT2D eigenvalue weighted by Crippen LogP contribution is -2.17. The fourth-order valence-corrected chi connectivity index (χ4v) is 2.41. The molecule has 0 saturated carbocycles. The van der Waals surface area contributed by atoms with E-state index in [0.29, 0.717) is 37.6 Å². The molecule has 0 spiro atoms. The van der Waals surface area contributed by atoms with Crippen LogP contribution in [0.3, 0.4) is 0 Å². The molecule has 3 rings (SSSR count). The largest absolute Gasteiger partial charge is 0.486 e. The molecule has 1 heterocycles. The molecule has 0 unspecified atom stereocenters. The molecule has 2 aromatic rings. The van der Waals surface area contributed by atoms with Crippen LogP contribution < -0.4 is 14.8 Å². The maximum absolute atomic E-state index is 12.7. The van der Waals surface area contributed by atoms with E-state index < -0.39 is 11.7 Å². The molecule has 0 radical (unpaired) electrons. The Bertz CT molecular complexity index is 686. The highest BCUT2D eigenvalue weighted by Gasteiger charge is 2.30. The monoisotopic (exact) mass is 323 g/mol. The van der Waals surface area contributed by atoms with E-state index in [1.54, 1.807) is 6.07 Å². The average Bonchev–Trinajstić information content (AvgIpc) is 2.54. The van der Waals surface area contributed by atoms with Gasteiger partial charge in [0.2, 0.25) is 0 Å². The minimum Gasteiger partial charge on any atom is -0.486 e. The average molecular weight is 323 g/mol. The third-order valence-corrected chi connectivity index (χ3v) is 3.52. The molecule has 3 nitrogen and oxygen atoms in total. The van der Waals surface area contributed by atoms with Gasteiger partial charge in [-0.3, -0.25) is 0 Å². The van der Waals surface area contributed by atoms with Crippen LogP contribution in [0.1, 0.15) is 16.7 Å². The normalized spacial score (nSPS) is 13.9. The van der Waals surface area contributed by atoms with Crippen molar-refractivity contribution < 1.29 is 22.6 Å². The van der Waals surface area contributed by atoms with Crippen molar-refractivity contribution in [3.05, 3.63) is 59.2 Å². The summed E-state index contributed by atoms with van der Waals surface area (Å²) in [5.74, 6) is 1.42. The van der Waals surface area contributed by atoms with E-state index in [9.17, 15) is 13.2 Å². The molecule has 1 aliphatic heterocycles. The van der Waals surface area contributed by atoms with Crippen LogP contribution in [0.5, 0.6) is 11.5 Å². The lowest BCUT2D eigenvalue weighted by molar-refractivity contribution is -0.137. The molecular formula is C17H16F3NO2. The van der Waals surface area contributed by atoms with Gasteiger partial charge in [-0.05, 0) is 29.3 Å². The first-order valence-corrected chi connectivity index (χ1v) is 7.28. The summed E-state index contributed by atoms with van der Waals surface area (Å²) in [6.45, 7) is 1.96. The van der Waals surface area contributed by atoms with Crippen molar-refractivity contribution in [3.63, 3.8) is 0 Å². The highest BCUT2D eigenvalue weighted by Crippen LogP contribution is 2.31. The van der Waals surface area contributed by atoms with Crippen LogP contribution in [0.4, 0.5) is 13.2 Å². The van der Waals surface area contributed by atoms with E-state index in [1.807, 2.05) is 18.2 Å². The summed E-state index contributed by atoms with van der Waals surface area (Å²) in [6, 6.07) is 11.0. The zero-order valence-electron chi connectivity index (χ0n) is 12.3. The number of fused-ring (bicyclic) bond motifs is 1. The number of rotatable bonds is 4. The molecular weight excluding hydrogens is 307 g/mol. The van der Waals surface area contributed by atoms with Crippen LogP contribution in [0.25, 0.3) is 0 Å². The van der Waals surface area contributed by atoms with Gasteiger partial charge < -0.3 is 14.8 Å². The molecule has 122 valence electrons. The topological polar surface area (TPSA) is 30.5 Å². The van der Waals surface area contributed by atoms with Gasteiger partial charge in [-0.1, -0.05) is 24.3 Å². The van der Waals surface area contributed by atoms with Crippen molar-refractivity contribution in [2.24, 2.45) is 0 Å². The lowest BCUT2D eigenvalue weighted by Gasteiger charge is -2.19. The van der Waals surface area contributed by atoms with Gasteiger partial charge in [0.15, 0.2) is 11.5 Å². The van der Waals surface area contributed by atoms with Gasteiger partial charge in [-0.25, -0.2) is 0 Å². The molecule has 1 N–H and O–H groups in total. The predicted octanol–water partition coefficient (Wildman–Crippen LogP) is 3.77.